The molecule has 1 saturated heterocycles. The van der Waals surface area contributed by atoms with Crippen LogP contribution in [0.5, 0.6) is 0 Å². The van der Waals surface area contributed by atoms with Gasteiger partial charge >= 0.3 is 0 Å². The maximum absolute atomic E-state index is 13.3. The molecule has 0 spiro atoms. The van der Waals surface area contributed by atoms with E-state index in [1.165, 1.54) is 0 Å². The zero-order valence-electron chi connectivity index (χ0n) is 17.5. The number of carbonyl (C=O) groups excluding carboxylic acids is 1. The van der Waals surface area contributed by atoms with Crippen LogP contribution in [0.15, 0.2) is 35.1 Å². The number of aromatic nitrogens is 2. The van der Waals surface area contributed by atoms with Gasteiger partial charge in [-0.15, -0.1) is 0 Å². The Morgan fingerprint density at radius 3 is 2.87 bits per heavy atom. The fourth-order valence-electron chi connectivity index (χ4n) is 4.56. The van der Waals surface area contributed by atoms with Crippen molar-refractivity contribution in [3.05, 3.63) is 47.4 Å². The van der Waals surface area contributed by atoms with E-state index in [9.17, 15) is 9.90 Å². The van der Waals surface area contributed by atoms with E-state index < -0.39 is 6.10 Å². The molecule has 0 bridgehead atoms. The molecule has 5 rings (SSSR count). The third-order valence-electron chi connectivity index (χ3n) is 6.44. The average molecular weight is 422 g/mol. The van der Waals surface area contributed by atoms with Gasteiger partial charge < -0.3 is 25.9 Å². The highest BCUT2D eigenvalue weighted by Crippen LogP contribution is 2.41. The molecule has 0 aromatic carbocycles. The maximum Gasteiger partial charge on any atom is 0.204 e. The Balaban J connectivity index is 1.43. The summed E-state index contributed by atoms with van der Waals surface area (Å²) in [7, 11) is 0. The highest BCUT2D eigenvalue weighted by atomic mass is 16.3. The van der Waals surface area contributed by atoms with E-state index >= 15 is 0 Å². The molecule has 3 atom stereocenters. The van der Waals surface area contributed by atoms with Gasteiger partial charge in [-0.1, -0.05) is 6.92 Å². The first kappa shape index (κ1) is 20.0. The quantitative estimate of drug-likeness (QED) is 0.535. The standard InChI is InChI=1S/C23H27N5O3/c1-12-10-28(11-16(24)22(12)30)17-4-5-26-8-15(17)6-18(29)20-21-19(31-23(20)25)7-14(9-27-21)13-2-3-13/h4-5,7-9,12-13,16,22,30H,2-3,6,10-11,24-25H2,1H3/t12-,16+,22+/m0/s1. The summed E-state index contributed by atoms with van der Waals surface area (Å²) in [6.07, 6.45) is 7.13. The van der Waals surface area contributed by atoms with Gasteiger partial charge in [-0.3, -0.25) is 14.8 Å². The van der Waals surface area contributed by atoms with Crippen molar-refractivity contribution in [2.45, 2.75) is 44.2 Å². The molecular weight excluding hydrogens is 394 g/mol. The second-order valence-corrected chi connectivity index (χ2v) is 8.87. The van der Waals surface area contributed by atoms with Crippen molar-refractivity contribution in [2.24, 2.45) is 11.7 Å². The van der Waals surface area contributed by atoms with Crippen LogP contribution in [0.1, 0.15) is 47.2 Å². The molecule has 2 fully saturated rings. The minimum absolute atomic E-state index is 0.0267. The molecule has 162 valence electrons. The number of aliphatic hydroxyl groups excluding tert-OH is 1. The van der Waals surface area contributed by atoms with Gasteiger partial charge in [0.2, 0.25) is 5.88 Å². The Bertz CT molecular complexity index is 1130. The first-order chi connectivity index (χ1) is 14.9. The SMILES string of the molecule is C[C@H]1CN(c2ccncc2CC(=O)c2c(N)oc3cc(C4CC4)cnc23)C[C@@H](N)[C@@H]1O. The number of Topliss-reactive ketones (excluding diaryl/α,β-unsaturated/α-hetero) is 1. The molecule has 8 heteroatoms. The van der Waals surface area contributed by atoms with Gasteiger partial charge in [0.05, 0.1) is 6.10 Å². The van der Waals surface area contributed by atoms with Crippen LogP contribution in [-0.4, -0.2) is 46.1 Å². The van der Waals surface area contributed by atoms with E-state index in [1.54, 1.807) is 12.4 Å². The third kappa shape index (κ3) is 3.66. The minimum Gasteiger partial charge on any atom is -0.438 e. The molecule has 1 aliphatic carbocycles. The van der Waals surface area contributed by atoms with E-state index in [1.807, 2.05) is 25.3 Å². The topological polar surface area (TPSA) is 132 Å². The average Bonchev–Trinajstić information content (AvgIpc) is 3.53. The molecule has 8 nitrogen and oxygen atoms in total. The van der Waals surface area contributed by atoms with Gasteiger partial charge in [0, 0.05) is 61.3 Å². The Hall–Kier alpha value is -2.97. The summed E-state index contributed by atoms with van der Waals surface area (Å²) in [5, 5.41) is 10.2. The van der Waals surface area contributed by atoms with Crippen LogP contribution in [0.4, 0.5) is 11.6 Å². The molecule has 4 heterocycles. The zero-order valence-corrected chi connectivity index (χ0v) is 17.5. The lowest BCUT2D eigenvalue weighted by Crippen LogP contribution is -2.55. The van der Waals surface area contributed by atoms with Gasteiger partial charge in [0.1, 0.15) is 11.1 Å². The fourth-order valence-corrected chi connectivity index (χ4v) is 4.56. The predicted octanol–water partition coefficient (Wildman–Crippen LogP) is 2.25. The maximum atomic E-state index is 13.3. The number of anilines is 2. The molecule has 1 saturated carbocycles. The normalized spacial score (nSPS) is 24.0. The number of nitrogens with zero attached hydrogens (tertiary/aromatic N) is 3. The Morgan fingerprint density at radius 1 is 1.32 bits per heavy atom. The Kier molecular flexibility index (Phi) is 4.91. The molecular formula is C23H27N5O3. The van der Waals surface area contributed by atoms with Crippen LogP contribution < -0.4 is 16.4 Å². The van der Waals surface area contributed by atoms with Crippen molar-refractivity contribution < 1.29 is 14.3 Å². The van der Waals surface area contributed by atoms with Crippen molar-refractivity contribution in [3.63, 3.8) is 0 Å². The molecule has 3 aromatic heterocycles. The monoisotopic (exact) mass is 421 g/mol. The summed E-state index contributed by atoms with van der Waals surface area (Å²) >= 11 is 0. The summed E-state index contributed by atoms with van der Waals surface area (Å²) in [5.74, 6) is 0.505. The summed E-state index contributed by atoms with van der Waals surface area (Å²) < 4.78 is 5.69. The van der Waals surface area contributed by atoms with Crippen molar-refractivity contribution in [1.29, 1.82) is 0 Å². The number of furan rings is 1. The van der Waals surface area contributed by atoms with Crippen molar-refractivity contribution in [3.8, 4) is 0 Å². The van der Waals surface area contributed by atoms with Gasteiger partial charge in [0.15, 0.2) is 11.4 Å². The minimum atomic E-state index is -0.535. The van der Waals surface area contributed by atoms with Crippen molar-refractivity contribution in [1.82, 2.24) is 9.97 Å². The first-order valence-corrected chi connectivity index (χ1v) is 10.7. The van der Waals surface area contributed by atoms with Crippen LogP contribution in [-0.2, 0) is 6.42 Å². The zero-order chi connectivity index (χ0) is 21.7. The Labute approximate surface area is 180 Å². The molecule has 3 aromatic rings. The summed E-state index contributed by atoms with van der Waals surface area (Å²) in [6.45, 7) is 3.14. The fraction of sp³-hybridized carbons (Fsp3) is 0.435. The lowest BCUT2D eigenvalue weighted by Gasteiger charge is -2.40. The van der Waals surface area contributed by atoms with Crippen molar-refractivity contribution >= 4 is 28.5 Å². The molecule has 2 aliphatic rings. The predicted molar refractivity (Wildman–Crippen MR) is 118 cm³/mol. The number of carbonyl (C=O) groups is 1. The van der Waals surface area contributed by atoms with Gasteiger partial charge in [-0.2, -0.15) is 0 Å². The number of piperidine rings is 1. The summed E-state index contributed by atoms with van der Waals surface area (Å²) in [5.41, 5.74) is 16.4. The van der Waals surface area contributed by atoms with E-state index in [-0.39, 0.29) is 30.0 Å². The smallest absolute Gasteiger partial charge is 0.204 e. The van der Waals surface area contributed by atoms with E-state index in [0.29, 0.717) is 35.7 Å². The summed E-state index contributed by atoms with van der Waals surface area (Å²) in [6, 6.07) is 3.49. The molecule has 0 radical (unpaired) electrons. The number of nitrogen functional groups attached to an aromatic ring is 1. The number of rotatable bonds is 5. The second kappa shape index (κ2) is 7.62. The van der Waals surface area contributed by atoms with Crippen LogP contribution in [0, 0.1) is 5.92 Å². The largest absolute Gasteiger partial charge is 0.438 e. The number of pyridine rings is 2. The Morgan fingerprint density at radius 2 is 2.13 bits per heavy atom. The van der Waals surface area contributed by atoms with E-state index in [2.05, 4.69) is 14.9 Å². The van der Waals surface area contributed by atoms with E-state index in [4.69, 9.17) is 15.9 Å². The van der Waals surface area contributed by atoms with Crippen LogP contribution >= 0.6 is 0 Å². The molecule has 5 N–H and O–H groups in total. The summed E-state index contributed by atoms with van der Waals surface area (Å²) in [4.78, 5) is 24.1. The molecule has 1 aliphatic heterocycles. The number of nitrogens with two attached hydrogens (primary N) is 2. The lowest BCUT2D eigenvalue weighted by molar-refractivity contribution is 0.0784. The number of fused-ring (bicyclic) bond motifs is 1. The highest BCUT2D eigenvalue weighted by molar-refractivity contribution is 6.10. The van der Waals surface area contributed by atoms with E-state index in [0.717, 1.165) is 29.7 Å². The van der Waals surface area contributed by atoms with Gasteiger partial charge in [-0.05, 0) is 36.5 Å². The lowest BCUT2D eigenvalue weighted by atomic mass is 9.92. The van der Waals surface area contributed by atoms with Crippen LogP contribution in [0.25, 0.3) is 11.1 Å². The van der Waals surface area contributed by atoms with Crippen LogP contribution in [0.3, 0.4) is 0 Å². The molecule has 0 amide bonds. The molecule has 31 heavy (non-hydrogen) atoms. The highest BCUT2D eigenvalue weighted by Gasteiger charge is 2.32. The first-order valence-electron chi connectivity index (χ1n) is 10.7. The van der Waals surface area contributed by atoms with Crippen molar-refractivity contribution in [2.75, 3.05) is 23.7 Å². The van der Waals surface area contributed by atoms with Gasteiger partial charge in [-0.25, -0.2) is 0 Å². The molecule has 0 unspecified atom stereocenters. The number of ketones is 1. The van der Waals surface area contributed by atoms with Crippen LogP contribution in [0.2, 0.25) is 0 Å². The number of hydrogen-bond acceptors (Lipinski definition) is 8. The number of hydrogen-bond donors (Lipinski definition) is 3. The van der Waals surface area contributed by atoms with Gasteiger partial charge in [0.25, 0.3) is 0 Å². The third-order valence-corrected chi connectivity index (χ3v) is 6.44. The number of aliphatic hydroxyl groups is 1. The second-order valence-electron chi connectivity index (χ2n) is 8.87.